The molecule has 1 atom stereocenters. The summed E-state index contributed by atoms with van der Waals surface area (Å²) in [5, 5.41) is 2.50. The first-order valence-corrected chi connectivity index (χ1v) is 7.98. The quantitative estimate of drug-likeness (QED) is 0.797. The van der Waals surface area contributed by atoms with Crippen LogP contribution in [0.4, 0.5) is 0 Å². The standard InChI is InChI=1S/C14H18N2O4S/c1-2-19-13(17)8-16-14(18)10-3-5-15-12(7-10)20-11-4-6-21-9-11/h3,5,7,11H,2,4,6,8-9H2,1H3,(H,16,18)/t11-/m0/s1. The largest absolute Gasteiger partial charge is 0.473 e. The molecule has 0 radical (unpaired) electrons. The predicted octanol–water partition coefficient (Wildman–Crippen LogP) is 1.26. The predicted molar refractivity (Wildman–Crippen MR) is 79.6 cm³/mol. The van der Waals surface area contributed by atoms with Crippen LogP contribution in [-0.2, 0) is 9.53 Å². The number of rotatable bonds is 6. The van der Waals surface area contributed by atoms with Gasteiger partial charge in [-0.25, -0.2) is 4.98 Å². The second kappa shape index (κ2) is 7.87. The third-order valence-corrected chi connectivity index (χ3v) is 4.00. The monoisotopic (exact) mass is 310 g/mol. The van der Waals surface area contributed by atoms with Gasteiger partial charge in [-0.15, -0.1) is 0 Å². The number of esters is 1. The van der Waals surface area contributed by atoms with Gasteiger partial charge in [-0.1, -0.05) is 0 Å². The Hall–Kier alpha value is -1.76. The Morgan fingerprint density at radius 3 is 3.10 bits per heavy atom. The number of hydrogen-bond acceptors (Lipinski definition) is 6. The summed E-state index contributed by atoms with van der Waals surface area (Å²) < 4.78 is 10.5. The lowest BCUT2D eigenvalue weighted by molar-refractivity contribution is -0.141. The Kier molecular flexibility index (Phi) is 5.86. The van der Waals surface area contributed by atoms with E-state index in [-0.39, 0.29) is 18.6 Å². The molecule has 114 valence electrons. The van der Waals surface area contributed by atoms with Crippen LogP contribution < -0.4 is 10.1 Å². The van der Waals surface area contributed by atoms with Gasteiger partial charge in [0, 0.05) is 23.6 Å². The molecule has 1 aliphatic rings. The minimum absolute atomic E-state index is 0.148. The van der Waals surface area contributed by atoms with E-state index in [9.17, 15) is 9.59 Å². The first-order chi connectivity index (χ1) is 10.2. The number of thioether (sulfide) groups is 1. The summed E-state index contributed by atoms with van der Waals surface area (Å²) in [7, 11) is 0. The first-order valence-electron chi connectivity index (χ1n) is 6.83. The van der Waals surface area contributed by atoms with Gasteiger partial charge in [0.25, 0.3) is 5.91 Å². The molecule has 1 aliphatic heterocycles. The molecule has 1 aromatic rings. The zero-order valence-corrected chi connectivity index (χ0v) is 12.6. The van der Waals surface area contributed by atoms with Crippen molar-refractivity contribution < 1.29 is 19.1 Å². The molecule has 0 unspecified atom stereocenters. The lowest BCUT2D eigenvalue weighted by atomic mass is 10.2. The average molecular weight is 310 g/mol. The van der Waals surface area contributed by atoms with Gasteiger partial charge in [-0.3, -0.25) is 9.59 Å². The summed E-state index contributed by atoms with van der Waals surface area (Å²) in [6, 6.07) is 3.17. The van der Waals surface area contributed by atoms with Gasteiger partial charge >= 0.3 is 5.97 Å². The molecular weight excluding hydrogens is 292 g/mol. The second-order valence-corrected chi connectivity index (χ2v) is 5.62. The fourth-order valence-corrected chi connectivity index (χ4v) is 2.95. The van der Waals surface area contributed by atoms with E-state index < -0.39 is 5.97 Å². The van der Waals surface area contributed by atoms with Gasteiger partial charge in [0.15, 0.2) is 0 Å². The van der Waals surface area contributed by atoms with Gasteiger partial charge in [0.1, 0.15) is 12.6 Å². The van der Waals surface area contributed by atoms with Gasteiger partial charge in [-0.2, -0.15) is 11.8 Å². The molecule has 7 heteroatoms. The molecule has 21 heavy (non-hydrogen) atoms. The SMILES string of the molecule is CCOC(=O)CNC(=O)c1ccnc(O[C@H]2CCSC2)c1. The Bertz CT molecular complexity index is 504. The fourth-order valence-electron chi connectivity index (χ4n) is 1.86. The van der Waals surface area contributed by atoms with Gasteiger partial charge < -0.3 is 14.8 Å². The van der Waals surface area contributed by atoms with E-state index in [0.717, 1.165) is 17.9 Å². The fraction of sp³-hybridized carbons (Fsp3) is 0.500. The van der Waals surface area contributed by atoms with Crippen LogP contribution in [0.15, 0.2) is 18.3 Å². The van der Waals surface area contributed by atoms with Crippen molar-refractivity contribution in [2.45, 2.75) is 19.4 Å². The van der Waals surface area contributed by atoms with Crippen LogP contribution in [0.3, 0.4) is 0 Å². The normalized spacial score (nSPS) is 17.3. The minimum atomic E-state index is -0.459. The third kappa shape index (κ3) is 4.93. The lowest BCUT2D eigenvalue weighted by Crippen LogP contribution is -2.30. The minimum Gasteiger partial charge on any atom is -0.473 e. The van der Waals surface area contributed by atoms with E-state index in [1.54, 1.807) is 19.1 Å². The van der Waals surface area contributed by atoms with Gasteiger partial charge in [0.2, 0.25) is 5.88 Å². The van der Waals surface area contributed by atoms with E-state index in [1.165, 1.54) is 6.20 Å². The Morgan fingerprint density at radius 1 is 1.52 bits per heavy atom. The van der Waals surface area contributed by atoms with E-state index in [1.807, 2.05) is 11.8 Å². The van der Waals surface area contributed by atoms with Crippen molar-refractivity contribution in [2.24, 2.45) is 0 Å². The number of aromatic nitrogens is 1. The highest BCUT2D eigenvalue weighted by molar-refractivity contribution is 7.99. The molecule has 1 fully saturated rings. The molecule has 0 aromatic carbocycles. The Balaban J connectivity index is 1.89. The van der Waals surface area contributed by atoms with E-state index in [4.69, 9.17) is 9.47 Å². The molecule has 0 spiro atoms. The van der Waals surface area contributed by atoms with Gasteiger partial charge in [-0.05, 0) is 25.2 Å². The van der Waals surface area contributed by atoms with Crippen LogP contribution in [-0.4, -0.2) is 47.6 Å². The lowest BCUT2D eigenvalue weighted by Gasteiger charge is -2.12. The van der Waals surface area contributed by atoms with E-state index >= 15 is 0 Å². The highest BCUT2D eigenvalue weighted by Gasteiger charge is 2.18. The number of pyridine rings is 1. The van der Waals surface area contributed by atoms with Crippen molar-refractivity contribution >= 4 is 23.6 Å². The number of amides is 1. The van der Waals surface area contributed by atoms with Crippen molar-refractivity contribution in [2.75, 3.05) is 24.7 Å². The number of carbonyl (C=O) groups excluding carboxylic acids is 2. The topological polar surface area (TPSA) is 77.5 Å². The maximum atomic E-state index is 11.9. The second-order valence-electron chi connectivity index (χ2n) is 4.47. The van der Waals surface area contributed by atoms with Gasteiger partial charge in [0.05, 0.1) is 6.61 Å². The molecule has 1 aromatic heterocycles. The van der Waals surface area contributed by atoms with Crippen molar-refractivity contribution in [3.05, 3.63) is 23.9 Å². The van der Waals surface area contributed by atoms with Crippen molar-refractivity contribution in [1.82, 2.24) is 10.3 Å². The molecule has 0 bridgehead atoms. The highest BCUT2D eigenvalue weighted by atomic mass is 32.2. The summed E-state index contributed by atoms with van der Waals surface area (Å²) in [5.41, 5.74) is 0.412. The summed E-state index contributed by atoms with van der Waals surface area (Å²) >= 11 is 1.84. The Morgan fingerprint density at radius 2 is 2.38 bits per heavy atom. The molecule has 2 heterocycles. The smallest absolute Gasteiger partial charge is 0.325 e. The highest BCUT2D eigenvalue weighted by Crippen LogP contribution is 2.22. The maximum absolute atomic E-state index is 11.9. The average Bonchev–Trinajstić information content (AvgIpc) is 2.98. The molecule has 1 N–H and O–H groups in total. The third-order valence-electron chi connectivity index (χ3n) is 2.87. The van der Waals surface area contributed by atoms with Crippen molar-refractivity contribution in [3.8, 4) is 5.88 Å². The van der Waals surface area contributed by atoms with Crippen LogP contribution in [0.25, 0.3) is 0 Å². The number of nitrogens with zero attached hydrogens (tertiary/aromatic N) is 1. The summed E-state index contributed by atoms with van der Waals surface area (Å²) in [4.78, 5) is 27.2. The molecule has 0 aliphatic carbocycles. The molecular formula is C14H18N2O4S. The maximum Gasteiger partial charge on any atom is 0.325 e. The summed E-state index contributed by atoms with van der Waals surface area (Å²) in [5.74, 6) is 1.66. The van der Waals surface area contributed by atoms with Crippen molar-refractivity contribution in [1.29, 1.82) is 0 Å². The molecule has 0 saturated carbocycles. The number of hydrogen-bond donors (Lipinski definition) is 1. The van der Waals surface area contributed by atoms with Crippen LogP contribution in [0.1, 0.15) is 23.7 Å². The molecule has 2 rings (SSSR count). The Labute approximate surface area is 127 Å². The zero-order valence-electron chi connectivity index (χ0n) is 11.8. The first kappa shape index (κ1) is 15.6. The van der Waals surface area contributed by atoms with Crippen molar-refractivity contribution in [3.63, 3.8) is 0 Å². The number of nitrogens with one attached hydrogen (secondary N) is 1. The van der Waals surface area contributed by atoms with E-state index in [0.29, 0.717) is 18.1 Å². The summed E-state index contributed by atoms with van der Waals surface area (Å²) in [6.45, 7) is 1.86. The van der Waals surface area contributed by atoms with Crippen LogP contribution >= 0.6 is 11.8 Å². The van der Waals surface area contributed by atoms with Crippen LogP contribution in [0, 0.1) is 0 Å². The van der Waals surface area contributed by atoms with E-state index in [2.05, 4.69) is 10.3 Å². The number of ether oxygens (including phenoxy) is 2. The number of carbonyl (C=O) groups is 2. The van der Waals surface area contributed by atoms with Crippen LogP contribution in [0.2, 0.25) is 0 Å². The molecule has 1 saturated heterocycles. The summed E-state index contributed by atoms with van der Waals surface area (Å²) in [6.07, 6.45) is 2.67. The molecule has 1 amide bonds. The van der Waals surface area contributed by atoms with Crippen LogP contribution in [0.5, 0.6) is 5.88 Å². The molecule has 6 nitrogen and oxygen atoms in total. The zero-order chi connectivity index (χ0) is 15.1.